The molecule has 0 aliphatic carbocycles. The van der Waals surface area contributed by atoms with E-state index >= 15 is 0 Å². The standard InChI is InChI=1S/C20H22N4O2/c25-19(16-5-3-6-17(14-16)24-13-10-22-20(24)26)21-9-12-23-11-8-15-4-1-2-7-18(15)23/h1-7,14H,8-13H2,(H,21,25)(H,22,26). The van der Waals surface area contributed by atoms with Crippen molar-refractivity contribution in [1.82, 2.24) is 10.6 Å². The van der Waals surface area contributed by atoms with Gasteiger partial charge < -0.3 is 15.5 Å². The van der Waals surface area contributed by atoms with Crippen molar-refractivity contribution >= 4 is 23.3 Å². The average molecular weight is 350 g/mol. The molecule has 2 aromatic carbocycles. The number of nitrogens with zero attached hydrogens (tertiary/aromatic N) is 2. The first-order valence-corrected chi connectivity index (χ1v) is 8.99. The van der Waals surface area contributed by atoms with Crippen molar-refractivity contribution in [1.29, 1.82) is 0 Å². The lowest BCUT2D eigenvalue weighted by molar-refractivity contribution is 0.0954. The molecule has 3 amide bonds. The van der Waals surface area contributed by atoms with Crippen molar-refractivity contribution in [2.45, 2.75) is 6.42 Å². The number of hydrogen-bond acceptors (Lipinski definition) is 3. The first-order chi connectivity index (χ1) is 12.7. The van der Waals surface area contributed by atoms with Crippen LogP contribution in [0.25, 0.3) is 0 Å². The predicted molar refractivity (Wildman–Crippen MR) is 102 cm³/mol. The lowest BCUT2D eigenvalue weighted by Crippen LogP contribution is -2.34. The predicted octanol–water partition coefficient (Wildman–Crippen LogP) is 2.01. The maximum Gasteiger partial charge on any atom is 0.321 e. The summed E-state index contributed by atoms with van der Waals surface area (Å²) >= 11 is 0. The first-order valence-electron chi connectivity index (χ1n) is 8.99. The monoisotopic (exact) mass is 350 g/mol. The Morgan fingerprint density at radius 2 is 2.00 bits per heavy atom. The number of anilines is 2. The number of carbonyl (C=O) groups excluding carboxylic acids is 2. The van der Waals surface area contributed by atoms with E-state index in [2.05, 4.69) is 39.8 Å². The molecule has 6 nitrogen and oxygen atoms in total. The molecule has 0 unspecified atom stereocenters. The van der Waals surface area contributed by atoms with Crippen LogP contribution >= 0.6 is 0 Å². The van der Waals surface area contributed by atoms with Gasteiger partial charge in [-0.2, -0.15) is 0 Å². The third-order valence-corrected chi connectivity index (χ3v) is 4.93. The normalized spacial score (nSPS) is 15.8. The fourth-order valence-corrected chi connectivity index (χ4v) is 3.58. The van der Waals surface area contributed by atoms with E-state index in [1.807, 2.05) is 12.1 Å². The lowest BCUT2D eigenvalue weighted by atomic mass is 10.1. The molecule has 0 spiro atoms. The maximum absolute atomic E-state index is 12.5. The Morgan fingerprint density at radius 3 is 2.85 bits per heavy atom. The summed E-state index contributed by atoms with van der Waals surface area (Å²) in [4.78, 5) is 28.2. The number of urea groups is 1. The fourth-order valence-electron chi connectivity index (χ4n) is 3.58. The van der Waals surface area contributed by atoms with Crippen molar-refractivity contribution < 1.29 is 9.59 Å². The summed E-state index contributed by atoms with van der Waals surface area (Å²) in [5, 5.41) is 5.76. The van der Waals surface area contributed by atoms with E-state index in [1.165, 1.54) is 11.3 Å². The molecular formula is C20H22N4O2. The Kier molecular flexibility index (Phi) is 4.48. The Balaban J connectivity index is 1.35. The molecule has 0 aromatic heterocycles. The van der Waals surface area contributed by atoms with Crippen LogP contribution in [0.2, 0.25) is 0 Å². The van der Waals surface area contributed by atoms with Gasteiger partial charge in [-0.05, 0) is 36.2 Å². The highest BCUT2D eigenvalue weighted by atomic mass is 16.2. The SMILES string of the molecule is O=C(NCCN1CCc2ccccc21)c1cccc(N2CCNC2=O)c1. The van der Waals surface area contributed by atoms with Gasteiger partial charge in [0.2, 0.25) is 0 Å². The molecule has 134 valence electrons. The van der Waals surface area contributed by atoms with Gasteiger partial charge in [-0.25, -0.2) is 4.79 Å². The van der Waals surface area contributed by atoms with Crippen LogP contribution in [0.4, 0.5) is 16.2 Å². The van der Waals surface area contributed by atoms with E-state index in [9.17, 15) is 9.59 Å². The molecule has 2 N–H and O–H groups in total. The number of hydrogen-bond donors (Lipinski definition) is 2. The maximum atomic E-state index is 12.5. The quantitative estimate of drug-likeness (QED) is 0.867. The molecule has 2 aliphatic rings. The van der Waals surface area contributed by atoms with Gasteiger partial charge in [-0.3, -0.25) is 9.69 Å². The number of benzene rings is 2. The number of fused-ring (bicyclic) bond motifs is 1. The van der Waals surface area contributed by atoms with Crippen LogP contribution in [0.3, 0.4) is 0 Å². The van der Waals surface area contributed by atoms with Gasteiger partial charge in [0.15, 0.2) is 0 Å². The molecule has 2 heterocycles. The summed E-state index contributed by atoms with van der Waals surface area (Å²) in [6, 6.07) is 15.5. The van der Waals surface area contributed by atoms with Crippen molar-refractivity contribution in [3.05, 3.63) is 59.7 Å². The second-order valence-electron chi connectivity index (χ2n) is 6.56. The van der Waals surface area contributed by atoms with E-state index < -0.39 is 0 Å². The largest absolute Gasteiger partial charge is 0.369 e. The molecule has 4 rings (SSSR count). The Bertz CT molecular complexity index is 836. The minimum atomic E-state index is -0.116. The fraction of sp³-hybridized carbons (Fsp3) is 0.300. The van der Waals surface area contributed by atoms with Crippen LogP contribution in [0.5, 0.6) is 0 Å². The highest BCUT2D eigenvalue weighted by molar-refractivity contribution is 5.98. The molecule has 0 bridgehead atoms. The lowest BCUT2D eigenvalue weighted by Gasteiger charge is -2.19. The molecule has 0 saturated carbocycles. The van der Waals surface area contributed by atoms with Crippen LogP contribution in [-0.4, -0.2) is 44.7 Å². The van der Waals surface area contributed by atoms with Crippen LogP contribution < -0.4 is 20.4 Å². The summed E-state index contributed by atoms with van der Waals surface area (Å²) in [6.45, 7) is 3.62. The van der Waals surface area contributed by atoms with E-state index in [1.54, 1.807) is 17.0 Å². The second-order valence-corrected chi connectivity index (χ2v) is 6.56. The topological polar surface area (TPSA) is 64.7 Å². The zero-order valence-corrected chi connectivity index (χ0v) is 14.6. The van der Waals surface area contributed by atoms with Gasteiger partial charge in [0.1, 0.15) is 0 Å². The minimum absolute atomic E-state index is 0.112. The van der Waals surface area contributed by atoms with Crippen LogP contribution in [-0.2, 0) is 6.42 Å². The smallest absolute Gasteiger partial charge is 0.321 e. The number of carbonyl (C=O) groups is 2. The minimum Gasteiger partial charge on any atom is -0.369 e. The molecule has 26 heavy (non-hydrogen) atoms. The van der Waals surface area contributed by atoms with Crippen LogP contribution in [0.1, 0.15) is 15.9 Å². The Hall–Kier alpha value is -3.02. The molecule has 2 aliphatic heterocycles. The van der Waals surface area contributed by atoms with E-state index in [4.69, 9.17) is 0 Å². The third-order valence-electron chi connectivity index (χ3n) is 4.93. The number of nitrogens with one attached hydrogen (secondary N) is 2. The molecular weight excluding hydrogens is 328 g/mol. The second kappa shape index (κ2) is 7.07. The van der Waals surface area contributed by atoms with E-state index in [-0.39, 0.29) is 11.9 Å². The number of para-hydroxylation sites is 1. The zero-order valence-electron chi connectivity index (χ0n) is 14.6. The molecule has 1 saturated heterocycles. The molecule has 2 aromatic rings. The van der Waals surface area contributed by atoms with Gasteiger partial charge in [-0.15, -0.1) is 0 Å². The summed E-state index contributed by atoms with van der Waals surface area (Å²) in [7, 11) is 0. The van der Waals surface area contributed by atoms with E-state index in [0.717, 1.165) is 25.2 Å². The van der Waals surface area contributed by atoms with E-state index in [0.29, 0.717) is 25.2 Å². The van der Waals surface area contributed by atoms with Crippen LogP contribution in [0.15, 0.2) is 48.5 Å². The first kappa shape index (κ1) is 16.4. The molecule has 0 atom stereocenters. The van der Waals surface area contributed by atoms with Gasteiger partial charge >= 0.3 is 6.03 Å². The highest BCUT2D eigenvalue weighted by Gasteiger charge is 2.22. The van der Waals surface area contributed by atoms with Crippen molar-refractivity contribution in [3.63, 3.8) is 0 Å². The number of rotatable bonds is 5. The Morgan fingerprint density at radius 1 is 1.12 bits per heavy atom. The van der Waals surface area contributed by atoms with Gasteiger partial charge in [0.25, 0.3) is 5.91 Å². The molecule has 6 heteroatoms. The van der Waals surface area contributed by atoms with Gasteiger partial charge in [0, 0.05) is 49.7 Å². The summed E-state index contributed by atoms with van der Waals surface area (Å²) in [5.74, 6) is -0.112. The van der Waals surface area contributed by atoms with Crippen molar-refractivity contribution in [2.75, 3.05) is 42.5 Å². The highest BCUT2D eigenvalue weighted by Crippen LogP contribution is 2.26. The van der Waals surface area contributed by atoms with Gasteiger partial charge in [0.05, 0.1) is 0 Å². The van der Waals surface area contributed by atoms with Crippen LogP contribution in [0, 0.1) is 0 Å². The summed E-state index contributed by atoms with van der Waals surface area (Å²) in [5.41, 5.74) is 3.96. The molecule has 1 fully saturated rings. The number of amides is 3. The summed E-state index contributed by atoms with van der Waals surface area (Å²) in [6.07, 6.45) is 1.06. The third kappa shape index (κ3) is 3.22. The average Bonchev–Trinajstić information content (AvgIpc) is 3.28. The zero-order chi connectivity index (χ0) is 17.9. The van der Waals surface area contributed by atoms with Crippen molar-refractivity contribution in [3.8, 4) is 0 Å². The Labute approximate surface area is 152 Å². The summed E-state index contributed by atoms with van der Waals surface area (Å²) < 4.78 is 0. The van der Waals surface area contributed by atoms with Crippen molar-refractivity contribution in [2.24, 2.45) is 0 Å². The van der Waals surface area contributed by atoms with Gasteiger partial charge in [-0.1, -0.05) is 24.3 Å². The molecule has 0 radical (unpaired) electrons.